The Bertz CT molecular complexity index is 643. The number of aromatic nitrogens is 1. The van der Waals surface area contributed by atoms with E-state index in [0.717, 1.165) is 0 Å². The van der Waals surface area contributed by atoms with Crippen LogP contribution in [0.3, 0.4) is 0 Å². The second kappa shape index (κ2) is 7.09. The summed E-state index contributed by atoms with van der Waals surface area (Å²) < 4.78 is 12.2. The number of carbonyl (C=O) groups excluding carboxylic acids is 1. The highest BCUT2D eigenvalue weighted by Gasteiger charge is 2.28. The Morgan fingerprint density at radius 2 is 2.05 bits per heavy atom. The molecule has 2 atom stereocenters. The normalized spacial score (nSPS) is 13.3. The summed E-state index contributed by atoms with van der Waals surface area (Å²) in [6, 6.07) is 8.22. The van der Waals surface area contributed by atoms with Crippen molar-refractivity contribution in [1.82, 2.24) is 4.98 Å². The van der Waals surface area contributed by atoms with Gasteiger partial charge < -0.3 is 10.4 Å². The van der Waals surface area contributed by atoms with Crippen LogP contribution in [0, 0.1) is 0 Å². The molecule has 0 radical (unpaired) electrons. The smallest absolute Gasteiger partial charge is 0.323 e. The van der Waals surface area contributed by atoms with Crippen LogP contribution < -0.4 is 5.32 Å². The van der Waals surface area contributed by atoms with E-state index in [1.54, 1.807) is 35.7 Å². The molecule has 1 amide bonds. The molecule has 2 N–H and O–H groups in total. The average molecular weight is 324 g/mol. The summed E-state index contributed by atoms with van der Waals surface area (Å²) in [5, 5.41) is 12.6. The van der Waals surface area contributed by atoms with E-state index in [0.29, 0.717) is 10.7 Å². The van der Waals surface area contributed by atoms with Gasteiger partial charge in [0.25, 0.3) is 0 Å². The van der Waals surface area contributed by atoms with Crippen LogP contribution in [0.2, 0.25) is 0 Å². The van der Waals surface area contributed by atoms with E-state index in [4.69, 9.17) is 0 Å². The molecule has 2 unspecified atom stereocenters. The average Bonchev–Trinajstić information content (AvgIpc) is 2.92. The fraction of sp³-hybridized carbons (Fsp3) is 0.154. The van der Waals surface area contributed by atoms with Crippen molar-refractivity contribution in [3.63, 3.8) is 0 Å². The number of carboxylic acid groups (broad SMARTS) is 1. The highest BCUT2D eigenvalue weighted by Crippen LogP contribution is 2.20. The van der Waals surface area contributed by atoms with E-state index >= 15 is 0 Å². The van der Waals surface area contributed by atoms with Crippen molar-refractivity contribution in [2.45, 2.75) is 5.25 Å². The lowest BCUT2D eigenvalue weighted by atomic mass is 10.1. The number of carbonyl (C=O) groups is 2. The summed E-state index contributed by atoms with van der Waals surface area (Å²) in [7, 11) is -1.87. The topological polar surface area (TPSA) is 96.4 Å². The third-order valence-corrected chi connectivity index (χ3v) is 4.78. The Hall–Kier alpha value is -2.06. The van der Waals surface area contributed by atoms with E-state index in [9.17, 15) is 18.9 Å². The summed E-state index contributed by atoms with van der Waals surface area (Å²) in [6.45, 7) is 0. The summed E-state index contributed by atoms with van der Waals surface area (Å²) in [5.74, 6) is -2.14. The molecule has 0 aliphatic carbocycles. The Morgan fingerprint density at radius 3 is 2.62 bits per heavy atom. The molecule has 6 nitrogen and oxygen atoms in total. The standard InChI is InChI=1S/C13H12N2O4S2/c16-10(15-13-14-6-7-20-13)8-21(19)11(12(17)18)9-4-2-1-3-5-9/h1-7,11H,8H2,(H,17,18)(H,14,15,16). The second-order valence-corrected chi connectivity index (χ2v) is 6.46. The van der Waals surface area contributed by atoms with E-state index in [2.05, 4.69) is 10.3 Å². The third-order valence-electron chi connectivity index (χ3n) is 2.54. The van der Waals surface area contributed by atoms with E-state index < -0.39 is 33.7 Å². The molecule has 1 aromatic heterocycles. The number of thiazole rings is 1. The first kappa shape index (κ1) is 15.3. The molecule has 21 heavy (non-hydrogen) atoms. The van der Waals surface area contributed by atoms with Gasteiger partial charge in [-0.15, -0.1) is 11.3 Å². The Kier molecular flexibility index (Phi) is 5.18. The fourth-order valence-electron chi connectivity index (χ4n) is 1.69. The van der Waals surface area contributed by atoms with Crippen LogP contribution in [0.15, 0.2) is 41.9 Å². The lowest BCUT2D eigenvalue weighted by molar-refractivity contribution is -0.136. The maximum absolute atomic E-state index is 12.2. The number of rotatable bonds is 6. The number of hydrogen-bond donors (Lipinski definition) is 2. The quantitative estimate of drug-likeness (QED) is 0.842. The summed E-state index contributed by atoms with van der Waals surface area (Å²) in [6.07, 6.45) is 1.53. The van der Waals surface area contributed by atoms with Gasteiger partial charge in [0.2, 0.25) is 5.91 Å². The third kappa shape index (κ3) is 4.20. The van der Waals surface area contributed by atoms with Gasteiger partial charge in [-0.05, 0) is 5.56 Å². The molecular formula is C13H12N2O4S2. The van der Waals surface area contributed by atoms with Crippen molar-refractivity contribution in [2.24, 2.45) is 0 Å². The second-order valence-electron chi connectivity index (χ2n) is 4.04. The zero-order valence-electron chi connectivity index (χ0n) is 10.8. The lowest BCUT2D eigenvalue weighted by Crippen LogP contribution is -2.26. The maximum atomic E-state index is 12.2. The van der Waals surface area contributed by atoms with Gasteiger partial charge in [-0.2, -0.15) is 0 Å². The number of aliphatic carboxylic acids is 1. The van der Waals surface area contributed by atoms with E-state index in [1.165, 1.54) is 17.5 Å². The summed E-state index contributed by atoms with van der Waals surface area (Å²) in [5.41, 5.74) is 0.408. The van der Waals surface area contributed by atoms with Crippen LogP contribution >= 0.6 is 11.3 Å². The van der Waals surface area contributed by atoms with Crippen molar-refractivity contribution in [2.75, 3.05) is 11.1 Å². The Balaban J connectivity index is 2.06. The van der Waals surface area contributed by atoms with Gasteiger partial charge in [0.15, 0.2) is 10.4 Å². The van der Waals surface area contributed by atoms with Crippen LogP contribution in [0.5, 0.6) is 0 Å². The number of amides is 1. The van der Waals surface area contributed by atoms with E-state index in [-0.39, 0.29) is 0 Å². The number of carboxylic acids is 1. The molecule has 1 aromatic carbocycles. The van der Waals surface area contributed by atoms with Crippen molar-refractivity contribution in [3.8, 4) is 0 Å². The zero-order valence-corrected chi connectivity index (χ0v) is 12.4. The molecular weight excluding hydrogens is 312 g/mol. The molecule has 0 fully saturated rings. The lowest BCUT2D eigenvalue weighted by Gasteiger charge is -2.12. The summed E-state index contributed by atoms with van der Waals surface area (Å²) >= 11 is 1.23. The number of benzene rings is 1. The van der Waals surface area contributed by atoms with Gasteiger partial charge in [-0.25, -0.2) is 4.98 Å². The predicted octanol–water partition coefficient (Wildman–Crippen LogP) is 1.66. The number of anilines is 1. The molecule has 0 bridgehead atoms. The van der Waals surface area contributed by atoms with Crippen molar-refractivity contribution in [1.29, 1.82) is 0 Å². The van der Waals surface area contributed by atoms with Crippen LogP contribution in [0.4, 0.5) is 5.13 Å². The molecule has 2 rings (SSSR count). The highest BCUT2D eigenvalue weighted by molar-refractivity contribution is 7.86. The first-order valence-corrected chi connectivity index (χ1v) is 8.18. The van der Waals surface area contributed by atoms with Crippen molar-refractivity contribution >= 4 is 39.1 Å². The van der Waals surface area contributed by atoms with Gasteiger partial charge in [0.05, 0.1) is 0 Å². The Labute approximate surface area is 127 Å². The molecule has 1 heterocycles. The highest BCUT2D eigenvalue weighted by atomic mass is 32.2. The fourth-order valence-corrected chi connectivity index (χ4v) is 3.42. The van der Waals surface area contributed by atoms with Gasteiger partial charge in [0.1, 0.15) is 5.75 Å². The molecule has 110 valence electrons. The first-order valence-electron chi connectivity index (χ1n) is 5.92. The Morgan fingerprint density at radius 1 is 1.33 bits per heavy atom. The van der Waals surface area contributed by atoms with Crippen molar-refractivity contribution in [3.05, 3.63) is 47.5 Å². The number of nitrogens with one attached hydrogen (secondary N) is 1. The zero-order chi connectivity index (χ0) is 15.2. The molecule has 8 heteroatoms. The largest absolute Gasteiger partial charge is 0.480 e. The van der Waals surface area contributed by atoms with Gasteiger partial charge in [-0.3, -0.25) is 13.8 Å². The first-order chi connectivity index (χ1) is 10.1. The van der Waals surface area contributed by atoms with Crippen LogP contribution in [-0.4, -0.2) is 31.9 Å². The van der Waals surface area contributed by atoms with Crippen LogP contribution in [-0.2, 0) is 20.4 Å². The van der Waals surface area contributed by atoms with Crippen LogP contribution in [0.25, 0.3) is 0 Å². The molecule has 0 spiro atoms. The SMILES string of the molecule is O=C(CS(=O)C(C(=O)O)c1ccccc1)Nc1nccs1. The molecule has 0 aliphatic rings. The maximum Gasteiger partial charge on any atom is 0.323 e. The molecule has 0 saturated heterocycles. The van der Waals surface area contributed by atoms with Gasteiger partial charge in [-0.1, -0.05) is 30.3 Å². The minimum absolute atomic E-state index is 0.392. The summed E-state index contributed by atoms with van der Waals surface area (Å²) in [4.78, 5) is 26.9. The minimum atomic E-state index is -1.87. The monoisotopic (exact) mass is 324 g/mol. The number of hydrogen-bond acceptors (Lipinski definition) is 5. The van der Waals surface area contributed by atoms with Crippen molar-refractivity contribution < 1.29 is 18.9 Å². The predicted molar refractivity (Wildman–Crippen MR) is 80.6 cm³/mol. The molecule has 0 saturated carbocycles. The minimum Gasteiger partial charge on any atom is -0.480 e. The van der Waals surface area contributed by atoms with Crippen LogP contribution in [0.1, 0.15) is 10.8 Å². The van der Waals surface area contributed by atoms with Gasteiger partial charge in [0, 0.05) is 22.4 Å². The molecule has 2 aromatic rings. The van der Waals surface area contributed by atoms with Gasteiger partial charge >= 0.3 is 5.97 Å². The van der Waals surface area contributed by atoms with E-state index in [1.807, 2.05) is 0 Å². The number of nitrogens with zero attached hydrogens (tertiary/aromatic N) is 1. The molecule has 0 aliphatic heterocycles.